The van der Waals surface area contributed by atoms with Crippen molar-refractivity contribution >= 4 is 39.9 Å². The lowest BCUT2D eigenvalue weighted by molar-refractivity contribution is 0.902. The summed E-state index contributed by atoms with van der Waals surface area (Å²) in [6.45, 7) is 2.18. The van der Waals surface area contributed by atoms with E-state index in [1.54, 1.807) is 0 Å². The molecule has 6 heavy (non-hydrogen) atoms. The predicted molar refractivity (Wildman–Crippen MR) is 44.1 cm³/mol. The average molecular weight is 265 g/mol. The predicted octanol–water partition coefficient (Wildman–Crippen LogP) is 2.80. The summed E-state index contributed by atoms with van der Waals surface area (Å²) in [5, 5.41) is 1.16. The van der Waals surface area contributed by atoms with Crippen LogP contribution in [-0.2, 0) is 0 Å². The van der Waals surface area contributed by atoms with Crippen LogP contribution in [-0.4, -0.2) is 5.33 Å². The number of unbranched alkanes of at least 4 members (excludes halogenated alkanes) is 1. The standard InChI is InChI=1S/C4H9Br.HI/c1-2-3-4-5;/h2-4H2,1H3;1H. The Labute approximate surface area is 64.8 Å². The molecule has 0 radical (unpaired) electrons. The highest BCUT2D eigenvalue weighted by atomic mass is 127. The van der Waals surface area contributed by atoms with Crippen molar-refractivity contribution in [2.75, 3.05) is 5.33 Å². The second kappa shape index (κ2) is 9.51. The number of hydrogen-bond acceptors (Lipinski definition) is 0. The van der Waals surface area contributed by atoms with Crippen LogP contribution in [0, 0.1) is 0 Å². The summed E-state index contributed by atoms with van der Waals surface area (Å²) in [6, 6.07) is 0. The molecule has 0 spiro atoms. The van der Waals surface area contributed by atoms with Gasteiger partial charge in [-0.2, -0.15) is 0 Å². The molecule has 0 aromatic carbocycles. The van der Waals surface area contributed by atoms with Gasteiger partial charge in [-0.15, -0.1) is 24.0 Å². The fourth-order valence-electron chi connectivity index (χ4n) is 0.134. The van der Waals surface area contributed by atoms with Crippen molar-refractivity contribution in [1.29, 1.82) is 0 Å². The third-order valence-electron chi connectivity index (χ3n) is 0.487. The van der Waals surface area contributed by atoms with Gasteiger partial charge in [0.15, 0.2) is 0 Å². The number of halogens is 2. The minimum atomic E-state index is 0. The minimum absolute atomic E-state index is 0. The van der Waals surface area contributed by atoms with E-state index < -0.39 is 0 Å². The van der Waals surface area contributed by atoms with Crippen molar-refractivity contribution in [3.05, 3.63) is 0 Å². The lowest BCUT2D eigenvalue weighted by atomic mass is 10.4. The van der Waals surface area contributed by atoms with Gasteiger partial charge in [0.2, 0.25) is 0 Å². The van der Waals surface area contributed by atoms with Crippen LogP contribution in [0.25, 0.3) is 0 Å². The fraction of sp³-hybridized carbons (Fsp3) is 1.00. The van der Waals surface area contributed by atoms with E-state index >= 15 is 0 Å². The summed E-state index contributed by atoms with van der Waals surface area (Å²) in [4.78, 5) is 0. The molecule has 0 N–H and O–H groups in total. The zero-order valence-electron chi connectivity index (χ0n) is 3.91. The maximum absolute atomic E-state index is 3.31. The Morgan fingerprint density at radius 2 is 2.00 bits per heavy atom. The van der Waals surface area contributed by atoms with Crippen LogP contribution in [0.3, 0.4) is 0 Å². The summed E-state index contributed by atoms with van der Waals surface area (Å²) in [5.41, 5.74) is 0. The Bertz CT molecular complexity index is 15.0. The van der Waals surface area contributed by atoms with Crippen molar-refractivity contribution in [3.8, 4) is 0 Å². The van der Waals surface area contributed by atoms with Gasteiger partial charge in [-0.1, -0.05) is 29.3 Å². The zero-order chi connectivity index (χ0) is 4.12. The molecule has 0 atom stereocenters. The quantitative estimate of drug-likeness (QED) is 0.532. The molecule has 40 valence electrons. The molecule has 0 saturated carbocycles. The zero-order valence-corrected chi connectivity index (χ0v) is 7.82. The third kappa shape index (κ3) is 8.96. The first-order valence-corrected chi connectivity index (χ1v) is 3.10. The summed E-state index contributed by atoms with van der Waals surface area (Å²) in [5.74, 6) is 0. The summed E-state index contributed by atoms with van der Waals surface area (Å²) >= 11 is 3.31. The largest absolute Gasteiger partial charge is 0.107 e. The van der Waals surface area contributed by atoms with Crippen LogP contribution in [0.5, 0.6) is 0 Å². The van der Waals surface area contributed by atoms with E-state index in [4.69, 9.17) is 0 Å². The number of rotatable bonds is 2. The normalized spacial score (nSPS) is 7.00. The topological polar surface area (TPSA) is 0 Å². The molecule has 0 aliphatic heterocycles. The van der Waals surface area contributed by atoms with Gasteiger partial charge in [0.1, 0.15) is 0 Å². The Morgan fingerprint density at radius 1 is 1.50 bits per heavy atom. The van der Waals surface area contributed by atoms with Crippen LogP contribution in [0.1, 0.15) is 19.8 Å². The molecule has 0 aromatic heterocycles. The fourth-order valence-corrected chi connectivity index (χ4v) is 0.694. The summed E-state index contributed by atoms with van der Waals surface area (Å²) in [7, 11) is 0. The molecule has 0 aliphatic rings. The van der Waals surface area contributed by atoms with E-state index in [-0.39, 0.29) is 24.0 Å². The number of alkyl halides is 1. The third-order valence-corrected chi connectivity index (χ3v) is 1.05. The maximum atomic E-state index is 3.31. The molecular formula is C4H10BrI. The average Bonchev–Trinajstić information content (AvgIpc) is 1.41. The molecule has 0 nitrogen and oxygen atoms in total. The van der Waals surface area contributed by atoms with Crippen LogP contribution >= 0.6 is 39.9 Å². The second-order valence-electron chi connectivity index (χ2n) is 1.04. The Hall–Kier alpha value is 1.21. The van der Waals surface area contributed by atoms with E-state index in [9.17, 15) is 0 Å². The van der Waals surface area contributed by atoms with Gasteiger partial charge in [0.25, 0.3) is 0 Å². The highest BCUT2D eigenvalue weighted by Gasteiger charge is 1.69. The van der Waals surface area contributed by atoms with Crippen LogP contribution in [0.15, 0.2) is 0 Å². The minimum Gasteiger partial charge on any atom is -0.107 e. The van der Waals surface area contributed by atoms with E-state index in [0.29, 0.717) is 0 Å². The monoisotopic (exact) mass is 264 g/mol. The Balaban J connectivity index is 0. The lowest BCUT2D eigenvalue weighted by Gasteiger charge is -1.77. The Morgan fingerprint density at radius 3 is 2.00 bits per heavy atom. The maximum Gasteiger partial charge on any atom is 0.00312 e. The molecule has 2 heteroatoms. The smallest absolute Gasteiger partial charge is 0.00312 e. The number of hydrogen-bond donors (Lipinski definition) is 0. The molecule has 0 aliphatic carbocycles. The highest BCUT2D eigenvalue weighted by Crippen LogP contribution is 1.89. The van der Waals surface area contributed by atoms with Crippen molar-refractivity contribution in [2.24, 2.45) is 0 Å². The second-order valence-corrected chi connectivity index (χ2v) is 1.84. The molecule has 0 bridgehead atoms. The van der Waals surface area contributed by atoms with Crippen LogP contribution in [0.2, 0.25) is 0 Å². The molecular weight excluding hydrogens is 255 g/mol. The van der Waals surface area contributed by atoms with Crippen molar-refractivity contribution < 1.29 is 0 Å². The molecule has 0 aromatic rings. The van der Waals surface area contributed by atoms with Gasteiger partial charge < -0.3 is 0 Å². The van der Waals surface area contributed by atoms with Crippen LogP contribution < -0.4 is 0 Å². The molecule has 0 saturated heterocycles. The first kappa shape index (κ1) is 10.2. The van der Waals surface area contributed by atoms with Gasteiger partial charge in [-0.25, -0.2) is 0 Å². The lowest BCUT2D eigenvalue weighted by Crippen LogP contribution is -1.64. The first-order valence-electron chi connectivity index (χ1n) is 1.97. The van der Waals surface area contributed by atoms with Gasteiger partial charge in [0, 0.05) is 5.33 Å². The van der Waals surface area contributed by atoms with E-state index in [0.717, 1.165) is 5.33 Å². The SMILES string of the molecule is CCCCBr.I. The van der Waals surface area contributed by atoms with Crippen LogP contribution in [0.4, 0.5) is 0 Å². The van der Waals surface area contributed by atoms with E-state index in [1.165, 1.54) is 12.8 Å². The van der Waals surface area contributed by atoms with Gasteiger partial charge in [0.05, 0.1) is 0 Å². The molecule has 0 rings (SSSR count). The summed E-state index contributed by atoms with van der Waals surface area (Å²) in [6.07, 6.45) is 2.60. The van der Waals surface area contributed by atoms with Crippen molar-refractivity contribution in [3.63, 3.8) is 0 Å². The Kier molecular flexibility index (Phi) is 16.2. The molecule has 0 heterocycles. The van der Waals surface area contributed by atoms with Gasteiger partial charge in [-0.3, -0.25) is 0 Å². The molecule has 0 amide bonds. The first-order chi connectivity index (χ1) is 2.41. The molecule has 0 unspecified atom stereocenters. The van der Waals surface area contributed by atoms with Gasteiger partial charge >= 0.3 is 0 Å². The molecule has 0 fully saturated rings. The van der Waals surface area contributed by atoms with Crippen molar-refractivity contribution in [1.82, 2.24) is 0 Å². The highest BCUT2D eigenvalue weighted by molar-refractivity contribution is 14.0. The van der Waals surface area contributed by atoms with Crippen molar-refractivity contribution in [2.45, 2.75) is 19.8 Å². The van der Waals surface area contributed by atoms with E-state index in [2.05, 4.69) is 22.9 Å². The van der Waals surface area contributed by atoms with E-state index in [1.807, 2.05) is 0 Å². The summed E-state index contributed by atoms with van der Waals surface area (Å²) < 4.78 is 0. The van der Waals surface area contributed by atoms with Gasteiger partial charge in [-0.05, 0) is 6.42 Å².